The molecule has 0 bridgehead atoms. The Balaban J connectivity index is 1.65. The lowest BCUT2D eigenvalue weighted by Gasteiger charge is -2.20. The summed E-state index contributed by atoms with van der Waals surface area (Å²) in [6, 6.07) is 6.71. The number of carbonyl (C=O) groups excluding carboxylic acids is 2. The molecule has 1 saturated heterocycles. The third kappa shape index (κ3) is 3.51. The van der Waals surface area contributed by atoms with Gasteiger partial charge in [0.1, 0.15) is 5.54 Å². The largest absolute Gasteiger partial charge is 0.339 e. The number of amides is 3. The van der Waals surface area contributed by atoms with Gasteiger partial charge in [-0.15, -0.1) is 0 Å². The van der Waals surface area contributed by atoms with Crippen LogP contribution in [-0.4, -0.2) is 39.1 Å². The Morgan fingerprint density at radius 1 is 1.28 bits per heavy atom. The summed E-state index contributed by atoms with van der Waals surface area (Å²) < 4.78 is 5.22. The Morgan fingerprint density at radius 2 is 2.00 bits per heavy atom. The van der Waals surface area contributed by atoms with Crippen molar-refractivity contribution < 1.29 is 14.1 Å². The molecule has 3 rings (SSSR count). The monoisotopic (exact) mass is 362 g/mol. The van der Waals surface area contributed by atoms with E-state index < -0.39 is 5.54 Å². The van der Waals surface area contributed by atoms with Gasteiger partial charge in [0.05, 0.1) is 0 Å². The van der Waals surface area contributed by atoms with E-state index in [-0.39, 0.29) is 18.5 Å². The number of halogens is 1. The summed E-state index contributed by atoms with van der Waals surface area (Å²) in [5.41, 5.74) is -0.0419. The number of imide groups is 1. The molecule has 7 nitrogen and oxygen atoms in total. The van der Waals surface area contributed by atoms with E-state index >= 15 is 0 Å². The number of hydrogen-bond donors (Lipinski definition) is 1. The fourth-order valence-electron chi connectivity index (χ4n) is 2.90. The molecule has 0 saturated carbocycles. The molecule has 0 aliphatic carbocycles. The van der Waals surface area contributed by atoms with Crippen molar-refractivity contribution in [1.29, 1.82) is 0 Å². The third-order valence-corrected chi connectivity index (χ3v) is 4.47. The van der Waals surface area contributed by atoms with Crippen LogP contribution < -0.4 is 5.32 Å². The van der Waals surface area contributed by atoms with Crippen molar-refractivity contribution in [2.24, 2.45) is 0 Å². The first-order chi connectivity index (χ1) is 11.9. The van der Waals surface area contributed by atoms with Crippen molar-refractivity contribution in [2.45, 2.75) is 38.6 Å². The van der Waals surface area contributed by atoms with Crippen LogP contribution in [-0.2, 0) is 11.2 Å². The predicted octanol–water partition coefficient (Wildman–Crippen LogP) is 3.04. The lowest BCUT2D eigenvalue weighted by atomic mass is 9.96. The molecule has 1 aromatic heterocycles. The zero-order valence-corrected chi connectivity index (χ0v) is 14.8. The van der Waals surface area contributed by atoms with Gasteiger partial charge in [0.2, 0.25) is 11.7 Å². The van der Waals surface area contributed by atoms with Gasteiger partial charge in [0.25, 0.3) is 5.91 Å². The Kier molecular flexibility index (Phi) is 4.76. The Morgan fingerprint density at radius 3 is 2.68 bits per heavy atom. The second-order valence-electron chi connectivity index (χ2n) is 6.24. The maximum Gasteiger partial charge on any atom is 0.325 e. The summed E-state index contributed by atoms with van der Waals surface area (Å²) in [6.45, 7) is 3.93. The van der Waals surface area contributed by atoms with Gasteiger partial charge in [-0.25, -0.2) is 4.79 Å². The molecule has 1 fully saturated rings. The zero-order valence-electron chi connectivity index (χ0n) is 14.1. The van der Waals surface area contributed by atoms with Gasteiger partial charge >= 0.3 is 6.03 Å². The van der Waals surface area contributed by atoms with E-state index in [0.29, 0.717) is 29.6 Å². The highest BCUT2D eigenvalue weighted by atomic mass is 35.5. The highest BCUT2D eigenvalue weighted by molar-refractivity contribution is 6.30. The second-order valence-corrected chi connectivity index (χ2v) is 6.67. The zero-order chi connectivity index (χ0) is 18.0. The quantitative estimate of drug-likeness (QED) is 0.798. The Hall–Kier alpha value is -2.41. The molecule has 2 heterocycles. The fourth-order valence-corrected chi connectivity index (χ4v) is 3.03. The fraction of sp³-hybridized carbons (Fsp3) is 0.412. The van der Waals surface area contributed by atoms with Crippen LogP contribution in [0.3, 0.4) is 0 Å². The molecule has 0 radical (unpaired) electrons. The lowest BCUT2D eigenvalue weighted by molar-refractivity contribution is -0.131. The van der Waals surface area contributed by atoms with Gasteiger partial charge in [0.15, 0.2) is 0 Å². The van der Waals surface area contributed by atoms with Crippen LogP contribution in [0, 0.1) is 0 Å². The molecule has 1 aliphatic rings. The molecular weight excluding hydrogens is 344 g/mol. The molecule has 1 aliphatic heterocycles. The van der Waals surface area contributed by atoms with Crippen LogP contribution in [0.15, 0.2) is 28.8 Å². The normalized spacial score (nSPS) is 20.2. The molecule has 0 unspecified atom stereocenters. The van der Waals surface area contributed by atoms with Gasteiger partial charge in [0, 0.05) is 23.6 Å². The highest BCUT2D eigenvalue weighted by Gasteiger charge is 2.46. The molecule has 132 valence electrons. The standard InChI is InChI=1S/C17H19ClN4O3/c1-3-9-17(2)15(23)22(16(24)20-17)10-8-13-19-14(21-25-13)11-4-6-12(18)7-5-11/h4-7H,3,8-10H2,1-2H3,(H,20,24)/t17-/m1/s1. The first kappa shape index (κ1) is 17.4. The number of nitrogens with one attached hydrogen (secondary N) is 1. The maximum absolute atomic E-state index is 12.5. The van der Waals surface area contributed by atoms with Crippen molar-refractivity contribution in [3.8, 4) is 11.4 Å². The number of rotatable bonds is 6. The summed E-state index contributed by atoms with van der Waals surface area (Å²) in [5.74, 6) is 0.603. The first-order valence-electron chi connectivity index (χ1n) is 8.15. The number of hydrogen-bond acceptors (Lipinski definition) is 5. The number of carbonyl (C=O) groups is 2. The minimum absolute atomic E-state index is 0.201. The van der Waals surface area contributed by atoms with Gasteiger partial charge in [-0.1, -0.05) is 30.1 Å². The SMILES string of the molecule is CCC[C@@]1(C)NC(=O)N(CCc2nc(-c3ccc(Cl)cc3)no2)C1=O. The molecule has 1 aromatic carbocycles. The second kappa shape index (κ2) is 6.84. The highest BCUT2D eigenvalue weighted by Crippen LogP contribution is 2.23. The predicted molar refractivity (Wildman–Crippen MR) is 92.0 cm³/mol. The van der Waals surface area contributed by atoms with Gasteiger partial charge < -0.3 is 9.84 Å². The smallest absolute Gasteiger partial charge is 0.325 e. The molecule has 1 N–H and O–H groups in total. The average Bonchev–Trinajstić information content (AvgIpc) is 3.11. The summed E-state index contributed by atoms with van der Waals surface area (Å²) >= 11 is 5.86. The lowest BCUT2D eigenvalue weighted by Crippen LogP contribution is -2.43. The van der Waals surface area contributed by atoms with E-state index in [1.165, 1.54) is 4.90 Å². The summed E-state index contributed by atoms with van der Waals surface area (Å²) in [5, 5.41) is 7.31. The van der Waals surface area contributed by atoms with Gasteiger partial charge in [-0.05, 0) is 37.6 Å². The van der Waals surface area contributed by atoms with E-state index in [1.807, 2.05) is 6.92 Å². The van der Waals surface area contributed by atoms with Gasteiger partial charge in [-0.3, -0.25) is 9.69 Å². The minimum atomic E-state index is -0.824. The van der Waals surface area contributed by atoms with Crippen LogP contribution in [0.2, 0.25) is 5.02 Å². The number of benzene rings is 1. The van der Waals surface area contributed by atoms with E-state index in [4.69, 9.17) is 16.1 Å². The van der Waals surface area contributed by atoms with Crippen LogP contribution in [0.25, 0.3) is 11.4 Å². The molecule has 25 heavy (non-hydrogen) atoms. The molecular formula is C17H19ClN4O3. The number of aromatic nitrogens is 2. The van der Waals surface area contributed by atoms with E-state index in [2.05, 4.69) is 15.5 Å². The summed E-state index contributed by atoms with van der Waals surface area (Å²) in [7, 11) is 0. The third-order valence-electron chi connectivity index (χ3n) is 4.21. The van der Waals surface area contributed by atoms with E-state index in [1.54, 1.807) is 31.2 Å². The molecule has 8 heteroatoms. The van der Waals surface area contributed by atoms with Crippen LogP contribution in [0.5, 0.6) is 0 Å². The van der Waals surface area contributed by atoms with E-state index in [0.717, 1.165) is 12.0 Å². The van der Waals surface area contributed by atoms with Crippen molar-refractivity contribution >= 4 is 23.5 Å². The van der Waals surface area contributed by atoms with Crippen molar-refractivity contribution in [2.75, 3.05) is 6.54 Å². The minimum Gasteiger partial charge on any atom is -0.339 e. The maximum atomic E-state index is 12.5. The van der Waals surface area contributed by atoms with Gasteiger partial charge in [-0.2, -0.15) is 4.98 Å². The topological polar surface area (TPSA) is 88.3 Å². The van der Waals surface area contributed by atoms with Crippen LogP contribution in [0.1, 0.15) is 32.6 Å². The summed E-state index contributed by atoms with van der Waals surface area (Å²) in [4.78, 5) is 30.1. The van der Waals surface area contributed by atoms with Crippen LogP contribution in [0.4, 0.5) is 4.79 Å². The molecule has 2 aromatic rings. The Bertz CT molecular complexity index is 789. The number of urea groups is 1. The van der Waals surface area contributed by atoms with E-state index in [9.17, 15) is 9.59 Å². The Labute approximate surface area is 150 Å². The first-order valence-corrected chi connectivity index (χ1v) is 8.53. The molecule has 1 atom stereocenters. The summed E-state index contributed by atoms with van der Waals surface area (Å²) in [6.07, 6.45) is 1.72. The molecule has 3 amide bonds. The van der Waals surface area contributed by atoms with Crippen molar-refractivity contribution in [3.63, 3.8) is 0 Å². The number of nitrogens with zero attached hydrogens (tertiary/aromatic N) is 3. The van der Waals surface area contributed by atoms with Crippen molar-refractivity contribution in [1.82, 2.24) is 20.4 Å². The molecule has 0 spiro atoms. The van der Waals surface area contributed by atoms with Crippen molar-refractivity contribution in [3.05, 3.63) is 35.2 Å². The average molecular weight is 363 g/mol. The van der Waals surface area contributed by atoms with Crippen LogP contribution >= 0.6 is 11.6 Å².